The first-order valence-electron chi connectivity index (χ1n) is 42.6. The van der Waals surface area contributed by atoms with Gasteiger partial charge in [0.1, 0.15) is 23.0 Å². The Hall–Kier alpha value is -10.2. The van der Waals surface area contributed by atoms with Gasteiger partial charge in [-0.2, -0.15) is 0 Å². The van der Waals surface area contributed by atoms with Crippen LogP contribution in [0.3, 0.4) is 0 Å². The van der Waals surface area contributed by atoms with Gasteiger partial charge in [0, 0.05) is 38.7 Å². The van der Waals surface area contributed by atoms with Crippen LogP contribution < -0.4 is 33.7 Å². The molecule has 0 bridgehead atoms. The normalized spacial score (nSPS) is 20.4. The number of carbonyl (C=O) groups is 3. The summed E-state index contributed by atoms with van der Waals surface area (Å²) in [5.41, 5.74) is 14.0. The van der Waals surface area contributed by atoms with Gasteiger partial charge in [-0.05, 0) is 264 Å². The minimum Gasteiger partial charge on any atom is -0.497 e. The van der Waals surface area contributed by atoms with Crippen LogP contribution in [0.15, 0.2) is 206 Å². The Morgan fingerprint density at radius 1 is 0.531 bits per heavy atom. The van der Waals surface area contributed by atoms with Gasteiger partial charge in [0.05, 0.1) is 31.8 Å². The van der Waals surface area contributed by atoms with Crippen LogP contribution in [0, 0.1) is 35.5 Å². The molecule has 10 nitrogen and oxygen atoms in total. The molecule has 1 N–H and O–H groups in total. The number of fused-ring (bicyclic) bond motifs is 8. The highest BCUT2D eigenvalue weighted by atomic mass is 16.6. The van der Waals surface area contributed by atoms with Crippen LogP contribution in [0.25, 0.3) is 61.4 Å². The lowest BCUT2D eigenvalue weighted by Gasteiger charge is -2.38. The Bertz CT molecular complexity index is 4990. The molecule has 1 aliphatic heterocycles. The molecule has 15 rings (SSSR count). The first-order valence-corrected chi connectivity index (χ1v) is 42.6. The molecule has 3 saturated carbocycles. The van der Waals surface area contributed by atoms with Gasteiger partial charge in [0.15, 0.2) is 17.1 Å². The molecule has 0 aromatic heterocycles. The number of methoxy groups -OCH3 is 1. The molecule has 0 saturated heterocycles. The van der Waals surface area contributed by atoms with Crippen molar-refractivity contribution < 1.29 is 42.8 Å². The number of unbranched alkanes of at least 4 members (excludes halogenated alkanes) is 4. The number of benzene rings is 10. The fraction of sp³-hybridized carbons (Fsp3) is 0.388. The van der Waals surface area contributed by atoms with Crippen LogP contribution in [-0.4, -0.2) is 38.2 Å². The minimum atomic E-state index is -1.14. The van der Waals surface area contributed by atoms with E-state index in [9.17, 15) is 9.59 Å². The monoisotopic (exact) mass is 1510 g/mol. The van der Waals surface area contributed by atoms with Crippen LogP contribution in [0.2, 0.25) is 0 Å². The number of hydrogen-bond acceptors (Lipinski definition) is 9. The van der Waals surface area contributed by atoms with Gasteiger partial charge in [0.2, 0.25) is 0 Å². The zero-order valence-corrected chi connectivity index (χ0v) is 67.7. The number of anilines is 1. The number of carbonyl (C=O) groups excluding carboxylic acids is 3. The van der Waals surface area contributed by atoms with Crippen molar-refractivity contribution in [1.82, 2.24) is 0 Å². The predicted molar refractivity (Wildman–Crippen MR) is 459 cm³/mol. The molecule has 5 aliphatic rings. The van der Waals surface area contributed by atoms with E-state index in [2.05, 4.69) is 138 Å². The number of esters is 2. The van der Waals surface area contributed by atoms with E-state index in [0.29, 0.717) is 64.0 Å². The van der Waals surface area contributed by atoms with Crippen molar-refractivity contribution in [2.75, 3.05) is 25.6 Å². The quantitative estimate of drug-likeness (QED) is 0.0290. The van der Waals surface area contributed by atoms with Gasteiger partial charge >= 0.3 is 11.9 Å². The average molecular weight is 1510 g/mol. The van der Waals surface area contributed by atoms with Crippen molar-refractivity contribution in [1.29, 1.82) is 0 Å². The molecular formula is C103H113NO9. The lowest BCUT2D eigenvalue weighted by Crippen LogP contribution is -2.35. The summed E-state index contributed by atoms with van der Waals surface area (Å²) in [6.45, 7) is 16.3. The molecule has 2 atom stereocenters. The van der Waals surface area contributed by atoms with Gasteiger partial charge in [-0.25, -0.2) is 4.79 Å². The molecule has 584 valence electrons. The Labute approximate surface area is 670 Å². The van der Waals surface area contributed by atoms with Crippen molar-refractivity contribution in [3.8, 4) is 79.0 Å². The zero-order valence-electron chi connectivity index (χ0n) is 67.7. The van der Waals surface area contributed by atoms with Gasteiger partial charge in [-0.15, -0.1) is 0 Å². The fourth-order valence-corrected chi connectivity index (χ4v) is 19.1. The lowest BCUT2D eigenvalue weighted by atomic mass is 9.68. The van der Waals surface area contributed by atoms with Gasteiger partial charge in [-0.3, -0.25) is 9.59 Å². The summed E-state index contributed by atoms with van der Waals surface area (Å²) in [5.74, 6) is 6.59. The van der Waals surface area contributed by atoms with Crippen LogP contribution in [-0.2, 0) is 15.8 Å². The minimum absolute atomic E-state index is 0.106. The summed E-state index contributed by atoms with van der Waals surface area (Å²) in [5, 5.41) is 4.76. The maximum Gasteiger partial charge on any atom is 0.344 e. The summed E-state index contributed by atoms with van der Waals surface area (Å²) in [6.07, 6.45) is 30.8. The van der Waals surface area contributed by atoms with E-state index in [1.807, 2.05) is 122 Å². The summed E-state index contributed by atoms with van der Waals surface area (Å²) < 4.78 is 39.4. The average Bonchev–Trinajstić information content (AvgIpc) is 1.57. The first-order chi connectivity index (χ1) is 55.1. The van der Waals surface area contributed by atoms with Crippen molar-refractivity contribution >= 4 is 40.4 Å². The number of ether oxygens (including phenoxy) is 6. The molecule has 4 aliphatic carbocycles. The van der Waals surface area contributed by atoms with Crippen molar-refractivity contribution in [3.63, 3.8) is 0 Å². The van der Waals surface area contributed by atoms with E-state index < -0.39 is 17.0 Å². The van der Waals surface area contributed by atoms with Crippen LogP contribution >= 0.6 is 0 Å². The zero-order chi connectivity index (χ0) is 78.2. The molecule has 1 unspecified atom stereocenters. The largest absolute Gasteiger partial charge is 0.497 e. The highest BCUT2D eigenvalue weighted by molar-refractivity contribution is 6.11. The maximum atomic E-state index is 15.3. The van der Waals surface area contributed by atoms with Gasteiger partial charge in [-0.1, -0.05) is 234 Å². The van der Waals surface area contributed by atoms with E-state index in [1.54, 1.807) is 13.2 Å². The third-order valence-corrected chi connectivity index (χ3v) is 26.0. The molecule has 1 amide bonds. The summed E-state index contributed by atoms with van der Waals surface area (Å²) in [6, 6.07) is 67.0. The van der Waals surface area contributed by atoms with Crippen LogP contribution in [0.5, 0.6) is 34.5 Å². The second-order valence-electron chi connectivity index (χ2n) is 33.6. The van der Waals surface area contributed by atoms with E-state index in [-0.39, 0.29) is 30.2 Å². The van der Waals surface area contributed by atoms with E-state index in [1.165, 1.54) is 108 Å². The second kappa shape index (κ2) is 35.1. The molecular weight excluding hydrogens is 1400 g/mol. The standard InChI is InChI=1S/C103H113NO9/c1-9-13-15-19-68-23-27-70(28-24-68)72-31-33-73(34-32-72)74-35-39-78(40-36-74)99(105)104-83-52-43-76(44-53-83)80-47-60-93-92(63-80)96-90-64-95(112-101(107)88-22-18-17-21-87(88)77-45-54-86(55-46-77)111-100(106)79-41-37-75(38-42-79)71-29-25-69(26-30-71)20-16-14-10-2)94(109-12-4)65-91(90)98-89(97(96)102(93,6)7)61-62-103(113-98,81-48-56-84(108-8)57-49-81)82-50-58-85(59-51-82)110-66-67(5)11-3/h17-18,21-22,31-36,39-40,43-65,67-71,75,79H,9-16,19-20,23-30,37-38,41-42,66H2,1-8H3,(H,104,105)/t67-,68-,69-,70-,71-,75-,79-,103?/m0/s1. The first kappa shape index (κ1) is 78.1. The second-order valence-corrected chi connectivity index (χ2v) is 33.6. The van der Waals surface area contributed by atoms with E-state index in [0.717, 1.165) is 139 Å². The Kier molecular flexibility index (Phi) is 24.2. The SMILES string of the molecule is CCCCC[C@H]1CC[C@H](c2ccc(-c3ccc(C(=O)Nc4ccc(-c5ccc6c(c5)-c5c(c7c(c8cc(OCC)c(OC(=O)c9ccccc9-c9ccc(OC(=O)[C@H]%10CC[C@H]([C@H]%11CC[C@H](CCCCC)CC%11)CC%10)cc9)cc58)OC(c5ccc(OC)cc5)(c5ccc(OC[C@@H](C)CC)cc5)C=C7)C6(C)C)cc4)cc3)cc2)CC1. The number of hydrogen-bond donors (Lipinski definition) is 1. The van der Waals surface area contributed by atoms with Crippen molar-refractivity contribution in [3.05, 3.63) is 251 Å². The third-order valence-electron chi connectivity index (χ3n) is 26.0. The highest BCUT2D eigenvalue weighted by Gasteiger charge is 2.46. The molecule has 113 heavy (non-hydrogen) atoms. The Morgan fingerprint density at radius 2 is 1.10 bits per heavy atom. The van der Waals surface area contributed by atoms with Gasteiger partial charge < -0.3 is 33.7 Å². The summed E-state index contributed by atoms with van der Waals surface area (Å²) in [4.78, 5) is 43.0. The molecule has 1 heterocycles. The van der Waals surface area contributed by atoms with Crippen LogP contribution in [0.1, 0.15) is 243 Å². The summed E-state index contributed by atoms with van der Waals surface area (Å²) >= 11 is 0. The van der Waals surface area contributed by atoms with Crippen molar-refractivity contribution in [2.45, 2.75) is 200 Å². The Morgan fingerprint density at radius 3 is 1.73 bits per heavy atom. The molecule has 10 heteroatoms. The van der Waals surface area contributed by atoms with Gasteiger partial charge in [0.25, 0.3) is 5.91 Å². The fourth-order valence-electron chi connectivity index (χ4n) is 19.1. The number of amides is 1. The Balaban J connectivity index is 0.718. The molecule has 0 spiro atoms. The molecule has 10 aromatic rings. The topological polar surface area (TPSA) is 119 Å². The van der Waals surface area contributed by atoms with E-state index in [4.69, 9.17) is 28.4 Å². The van der Waals surface area contributed by atoms with Crippen LogP contribution in [0.4, 0.5) is 5.69 Å². The lowest BCUT2D eigenvalue weighted by molar-refractivity contribution is -0.140. The highest BCUT2D eigenvalue weighted by Crippen LogP contribution is 2.60. The number of nitrogens with one attached hydrogen (secondary N) is 1. The molecule has 3 fully saturated rings. The number of rotatable bonds is 28. The van der Waals surface area contributed by atoms with Crippen molar-refractivity contribution in [2.24, 2.45) is 35.5 Å². The smallest absolute Gasteiger partial charge is 0.344 e. The summed E-state index contributed by atoms with van der Waals surface area (Å²) in [7, 11) is 1.67. The molecule has 10 aromatic carbocycles. The predicted octanol–water partition coefficient (Wildman–Crippen LogP) is 26.8. The van der Waals surface area contributed by atoms with E-state index >= 15 is 4.79 Å². The third kappa shape index (κ3) is 16.9. The maximum absolute atomic E-state index is 15.3. The molecule has 0 radical (unpaired) electrons.